The van der Waals surface area contributed by atoms with E-state index in [1.807, 2.05) is 4.90 Å². The molecule has 2 unspecified atom stereocenters. The van der Waals surface area contributed by atoms with E-state index in [1.54, 1.807) is 11.0 Å². The SMILES string of the molecule is C=CCOC(=O)[C@@H]1[C@@H]2CCC3(O2)C(C(=O)N(CC=C)C2CCCCC2)N(CCCCCCO)C(=O)[C@H]13. The average Bonchev–Trinajstić information content (AvgIpc) is 3.53. The van der Waals surface area contributed by atoms with E-state index in [1.165, 1.54) is 12.5 Å². The van der Waals surface area contributed by atoms with E-state index in [4.69, 9.17) is 14.6 Å². The number of ether oxygens (including phenoxy) is 2. The molecule has 8 heteroatoms. The first-order chi connectivity index (χ1) is 17.5. The number of hydrogen-bond donors (Lipinski definition) is 1. The summed E-state index contributed by atoms with van der Waals surface area (Å²) in [5.74, 6) is -2.07. The van der Waals surface area contributed by atoms with Crippen molar-refractivity contribution in [2.75, 3.05) is 26.3 Å². The zero-order chi connectivity index (χ0) is 25.7. The van der Waals surface area contributed by atoms with Gasteiger partial charge in [-0.15, -0.1) is 6.58 Å². The van der Waals surface area contributed by atoms with E-state index in [0.29, 0.717) is 25.9 Å². The molecular formula is C28H42N2O6. The van der Waals surface area contributed by atoms with Crippen molar-refractivity contribution in [3.8, 4) is 0 Å². The standard InChI is InChI=1S/C28H42N2O6/c1-3-16-29(20-12-8-7-9-13-20)26(33)24-28-15-14-21(36-28)22(27(34)35-19-4-2)23(28)25(32)30(24)17-10-5-6-11-18-31/h3-4,20-24,31H,1-2,5-19H2/t21-,22+,23-,24?,28?/m0/s1. The van der Waals surface area contributed by atoms with Gasteiger partial charge in [-0.2, -0.15) is 0 Å². The summed E-state index contributed by atoms with van der Waals surface area (Å²) in [6, 6.07) is -0.606. The summed E-state index contributed by atoms with van der Waals surface area (Å²) in [6.07, 6.45) is 12.6. The Morgan fingerprint density at radius 2 is 1.86 bits per heavy atom. The molecule has 1 saturated carbocycles. The number of unbranched alkanes of at least 4 members (excludes halogenated alkanes) is 3. The Morgan fingerprint density at radius 3 is 2.56 bits per heavy atom. The van der Waals surface area contributed by atoms with Crippen LogP contribution in [0, 0.1) is 11.8 Å². The third-order valence-corrected chi connectivity index (χ3v) is 8.58. The van der Waals surface area contributed by atoms with Crippen LogP contribution >= 0.6 is 0 Å². The van der Waals surface area contributed by atoms with Crippen LogP contribution < -0.4 is 0 Å². The molecular weight excluding hydrogens is 460 g/mol. The van der Waals surface area contributed by atoms with Crippen LogP contribution in [-0.2, 0) is 23.9 Å². The minimum atomic E-state index is -0.990. The third kappa shape index (κ3) is 4.86. The topological polar surface area (TPSA) is 96.4 Å². The van der Waals surface area contributed by atoms with E-state index in [9.17, 15) is 14.4 Å². The van der Waals surface area contributed by atoms with E-state index >= 15 is 0 Å². The molecule has 1 N–H and O–H groups in total. The van der Waals surface area contributed by atoms with Gasteiger partial charge in [-0.3, -0.25) is 14.4 Å². The molecule has 2 bridgehead atoms. The number of fused-ring (bicyclic) bond motifs is 1. The molecule has 1 spiro atoms. The number of carbonyl (C=O) groups is 3. The minimum Gasteiger partial charge on any atom is -0.461 e. The van der Waals surface area contributed by atoms with E-state index in [-0.39, 0.29) is 31.1 Å². The Hall–Kier alpha value is -2.19. The molecule has 4 rings (SSSR count). The first-order valence-electron chi connectivity index (χ1n) is 13.8. The molecule has 3 saturated heterocycles. The Morgan fingerprint density at radius 1 is 1.11 bits per heavy atom. The predicted molar refractivity (Wildman–Crippen MR) is 135 cm³/mol. The summed E-state index contributed by atoms with van der Waals surface area (Å²) in [6.45, 7) is 8.62. The Bertz CT molecular complexity index is 840. The number of carbonyl (C=O) groups excluding carboxylic acids is 3. The summed E-state index contributed by atoms with van der Waals surface area (Å²) >= 11 is 0. The van der Waals surface area contributed by atoms with Crippen molar-refractivity contribution in [3.63, 3.8) is 0 Å². The number of aliphatic hydroxyl groups excluding tert-OH is 1. The lowest BCUT2D eigenvalue weighted by molar-refractivity contribution is -0.154. The fourth-order valence-corrected chi connectivity index (χ4v) is 7.03. The fraction of sp³-hybridized carbons (Fsp3) is 0.750. The molecule has 5 atom stereocenters. The van der Waals surface area contributed by atoms with Crippen molar-refractivity contribution in [2.24, 2.45) is 11.8 Å². The molecule has 36 heavy (non-hydrogen) atoms. The lowest BCUT2D eigenvalue weighted by Gasteiger charge is -2.40. The highest BCUT2D eigenvalue weighted by Gasteiger charge is 2.75. The third-order valence-electron chi connectivity index (χ3n) is 8.58. The Labute approximate surface area is 214 Å². The maximum atomic E-state index is 14.3. The predicted octanol–water partition coefficient (Wildman–Crippen LogP) is 2.99. The molecule has 1 aliphatic carbocycles. The summed E-state index contributed by atoms with van der Waals surface area (Å²) in [5, 5.41) is 9.10. The fourth-order valence-electron chi connectivity index (χ4n) is 7.03. The molecule has 0 aromatic rings. The normalized spacial score (nSPS) is 31.4. The zero-order valence-corrected chi connectivity index (χ0v) is 21.4. The number of rotatable bonds is 13. The van der Waals surface area contributed by atoms with E-state index in [0.717, 1.165) is 51.4 Å². The average molecular weight is 503 g/mol. The van der Waals surface area contributed by atoms with Crippen LogP contribution in [0.4, 0.5) is 0 Å². The minimum absolute atomic E-state index is 0.0752. The van der Waals surface area contributed by atoms with Crippen LogP contribution in [0.5, 0.6) is 0 Å². The molecule has 0 aromatic heterocycles. The largest absolute Gasteiger partial charge is 0.461 e. The molecule has 0 radical (unpaired) electrons. The monoisotopic (exact) mass is 502 g/mol. The highest BCUT2D eigenvalue weighted by Crippen LogP contribution is 2.59. The number of likely N-dealkylation sites (tertiary alicyclic amines) is 1. The molecule has 8 nitrogen and oxygen atoms in total. The summed E-state index contributed by atoms with van der Waals surface area (Å²) < 4.78 is 11.9. The second-order valence-electron chi connectivity index (χ2n) is 10.7. The summed E-state index contributed by atoms with van der Waals surface area (Å²) in [5.41, 5.74) is -0.990. The highest BCUT2D eigenvalue weighted by molar-refractivity contribution is 5.98. The highest BCUT2D eigenvalue weighted by atomic mass is 16.6. The van der Waals surface area contributed by atoms with Crippen LogP contribution in [0.25, 0.3) is 0 Å². The van der Waals surface area contributed by atoms with Gasteiger partial charge in [0.1, 0.15) is 18.2 Å². The first kappa shape index (κ1) is 26.9. The molecule has 2 amide bonds. The van der Waals surface area contributed by atoms with Crippen LogP contribution in [0.1, 0.15) is 70.6 Å². The number of nitrogens with zero attached hydrogens (tertiary/aromatic N) is 2. The molecule has 4 aliphatic rings. The quantitative estimate of drug-likeness (QED) is 0.236. The van der Waals surface area contributed by atoms with Gasteiger partial charge in [0, 0.05) is 25.7 Å². The summed E-state index contributed by atoms with van der Waals surface area (Å²) in [4.78, 5) is 44.9. The van der Waals surface area contributed by atoms with Crippen LogP contribution in [0.15, 0.2) is 25.3 Å². The number of amides is 2. The maximum absolute atomic E-state index is 14.3. The smallest absolute Gasteiger partial charge is 0.312 e. The van der Waals surface area contributed by atoms with Crippen molar-refractivity contribution in [3.05, 3.63) is 25.3 Å². The number of aliphatic hydroxyl groups is 1. The molecule has 200 valence electrons. The molecule has 3 heterocycles. The molecule has 4 fully saturated rings. The van der Waals surface area contributed by atoms with Gasteiger partial charge in [0.15, 0.2) is 0 Å². The van der Waals surface area contributed by atoms with Gasteiger partial charge < -0.3 is 24.4 Å². The van der Waals surface area contributed by atoms with Crippen molar-refractivity contribution in [2.45, 2.75) is 94.4 Å². The molecule has 3 aliphatic heterocycles. The molecule has 0 aromatic carbocycles. The Balaban J connectivity index is 1.64. The lowest BCUT2D eigenvalue weighted by Crippen LogP contribution is -2.58. The number of esters is 1. The van der Waals surface area contributed by atoms with Crippen LogP contribution in [0.2, 0.25) is 0 Å². The van der Waals surface area contributed by atoms with Gasteiger partial charge in [-0.05, 0) is 38.5 Å². The lowest BCUT2D eigenvalue weighted by atomic mass is 9.70. The van der Waals surface area contributed by atoms with Gasteiger partial charge in [0.2, 0.25) is 11.8 Å². The van der Waals surface area contributed by atoms with Gasteiger partial charge in [-0.25, -0.2) is 0 Å². The van der Waals surface area contributed by atoms with Gasteiger partial charge in [-0.1, -0.05) is 50.8 Å². The van der Waals surface area contributed by atoms with Crippen LogP contribution in [-0.4, -0.2) is 82.8 Å². The Kier molecular flexibility index (Phi) is 8.88. The van der Waals surface area contributed by atoms with Crippen molar-refractivity contribution in [1.29, 1.82) is 0 Å². The zero-order valence-electron chi connectivity index (χ0n) is 21.4. The van der Waals surface area contributed by atoms with Gasteiger partial charge >= 0.3 is 5.97 Å². The summed E-state index contributed by atoms with van der Waals surface area (Å²) in [7, 11) is 0. The van der Waals surface area contributed by atoms with Gasteiger partial charge in [0.05, 0.1) is 17.9 Å². The number of hydrogen-bond acceptors (Lipinski definition) is 6. The van der Waals surface area contributed by atoms with Crippen molar-refractivity contribution >= 4 is 17.8 Å². The second-order valence-corrected chi connectivity index (χ2v) is 10.7. The van der Waals surface area contributed by atoms with Crippen molar-refractivity contribution < 1.29 is 29.0 Å². The van der Waals surface area contributed by atoms with E-state index in [2.05, 4.69) is 13.2 Å². The second kappa shape index (κ2) is 11.9. The van der Waals surface area contributed by atoms with E-state index < -0.39 is 35.6 Å². The van der Waals surface area contributed by atoms with Gasteiger partial charge in [0.25, 0.3) is 0 Å². The maximum Gasteiger partial charge on any atom is 0.312 e. The van der Waals surface area contributed by atoms with Crippen molar-refractivity contribution in [1.82, 2.24) is 9.80 Å². The van der Waals surface area contributed by atoms with Crippen LogP contribution in [0.3, 0.4) is 0 Å². The first-order valence-corrected chi connectivity index (χ1v) is 13.8.